The van der Waals surface area contributed by atoms with Gasteiger partial charge >= 0.3 is 0 Å². The number of benzene rings is 1. The number of hydrogen-bond acceptors (Lipinski definition) is 4. The Hall–Kier alpha value is -3.28. The summed E-state index contributed by atoms with van der Waals surface area (Å²) in [6.07, 6.45) is 1.62. The Bertz CT molecular complexity index is 981. The van der Waals surface area contributed by atoms with Gasteiger partial charge < -0.3 is 10.3 Å². The van der Waals surface area contributed by atoms with E-state index < -0.39 is 0 Å². The topological polar surface area (TPSA) is 87.7 Å². The van der Waals surface area contributed by atoms with Gasteiger partial charge in [-0.15, -0.1) is 0 Å². The maximum Gasteiger partial charge on any atom is 0.255 e. The molecule has 0 saturated carbocycles. The minimum atomic E-state index is -0.316. The van der Waals surface area contributed by atoms with Gasteiger partial charge in [-0.25, -0.2) is 4.98 Å². The number of rotatable bonds is 5. The van der Waals surface area contributed by atoms with Crippen LogP contribution < -0.4 is 10.9 Å². The standard InChI is InChI=1S/C20H20N4O2/c1-13-6-5-7-15(10-13)12-22-18(25)11-16-14(2)23-19(24-20(16)26)17-8-3-4-9-21-17/h3-10H,11-12H2,1-2H3,(H,22,25)(H,23,24,26). The molecule has 0 saturated heterocycles. The lowest BCUT2D eigenvalue weighted by molar-refractivity contribution is -0.120. The number of aryl methyl sites for hydroxylation is 2. The summed E-state index contributed by atoms with van der Waals surface area (Å²) in [4.78, 5) is 35.9. The summed E-state index contributed by atoms with van der Waals surface area (Å²) in [6, 6.07) is 13.3. The first-order chi connectivity index (χ1) is 12.5. The Morgan fingerprint density at radius 2 is 2.00 bits per heavy atom. The van der Waals surface area contributed by atoms with Crippen molar-refractivity contribution in [3.63, 3.8) is 0 Å². The summed E-state index contributed by atoms with van der Waals surface area (Å²) >= 11 is 0. The van der Waals surface area contributed by atoms with E-state index in [0.717, 1.165) is 11.1 Å². The number of aromatic nitrogens is 3. The normalized spacial score (nSPS) is 10.5. The van der Waals surface area contributed by atoms with Gasteiger partial charge in [0, 0.05) is 24.0 Å². The van der Waals surface area contributed by atoms with E-state index in [1.165, 1.54) is 0 Å². The minimum Gasteiger partial charge on any atom is -0.352 e. The van der Waals surface area contributed by atoms with Crippen molar-refractivity contribution < 1.29 is 4.79 Å². The Balaban J connectivity index is 1.71. The van der Waals surface area contributed by atoms with Crippen molar-refractivity contribution in [3.05, 3.63) is 81.4 Å². The van der Waals surface area contributed by atoms with Crippen LogP contribution in [0.5, 0.6) is 0 Å². The van der Waals surface area contributed by atoms with Crippen LogP contribution in [0.3, 0.4) is 0 Å². The minimum absolute atomic E-state index is 0.0114. The Morgan fingerprint density at radius 3 is 2.69 bits per heavy atom. The molecule has 2 heterocycles. The highest BCUT2D eigenvalue weighted by molar-refractivity contribution is 5.78. The van der Waals surface area contributed by atoms with Crippen molar-refractivity contribution in [2.75, 3.05) is 0 Å². The molecule has 0 fully saturated rings. The van der Waals surface area contributed by atoms with Gasteiger partial charge in [0.25, 0.3) is 5.56 Å². The maximum absolute atomic E-state index is 12.4. The summed E-state index contributed by atoms with van der Waals surface area (Å²) in [5.41, 5.74) is 3.32. The molecular formula is C20H20N4O2. The van der Waals surface area contributed by atoms with Crippen LogP contribution >= 0.6 is 0 Å². The van der Waals surface area contributed by atoms with Gasteiger partial charge in [-0.2, -0.15) is 0 Å². The van der Waals surface area contributed by atoms with Crippen molar-refractivity contribution in [1.82, 2.24) is 20.3 Å². The SMILES string of the molecule is Cc1cccc(CNC(=O)Cc2c(C)nc(-c3ccccn3)[nH]c2=O)c1. The van der Waals surface area contributed by atoms with E-state index in [2.05, 4.69) is 20.3 Å². The lowest BCUT2D eigenvalue weighted by Gasteiger charge is -2.08. The van der Waals surface area contributed by atoms with Crippen LogP contribution in [0.25, 0.3) is 11.5 Å². The maximum atomic E-state index is 12.4. The Morgan fingerprint density at radius 1 is 1.15 bits per heavy atom. The van der Waals surface area contributed by atoms with E-state index in [1.807, 2.05) is 37.3 Å². The van der Waals surface area contributed by atoms with E-state index in [-0.39, 0.29) is 17.9 Å². The zero-order chi connectivity index (χ0) is 18.5. The van der Waals surface area contributed by atoms with E-state index >= 15 is 0 Å². The summed E-state index contributed by atoms with van der Waals surface area (Å²) in [5.74, 6) is 0.185. The molecule has 1 aromatic carbocycles. The van der Waals surface area contributed by atoms with Crippen molar-refractivity contribution in [2.24, 2.45) is 0 Å². The number of amides is 1. The highest BCUT2D eigenvalue weighted by atomic mass is 16.2. The van der Waals surface area contributed by atoms with E-state index in [1.54, 1.807) is 25.3 Å². The first kappa shape index (κ1) is 17.5. The first-order valence-corrected chi connectivity index (χ1v) is 8.36. The van der Waals surface area contributed by atoms with E-state index in [9.17, 15) is 9.59 Å². The van der Waals surface area contributed by atoms with E-state index in [4.69, 9.17) is 0 Å². The van der Waals surface area contributed by atoms with Crippen molar-refractivity contribution in [1.29, 1.82) is 0 Å². The quantitative estimate of drug-likeness (QED) is 0.741. The molecule has 0 unspecified atom stereocenters. The van der Waals surface area contributed by atoms with Gasteiger partial charge in [0.15, 0.2) is 5.82 Å². The molecule has 2 aromatic heterocycles. The van der Waals surface area contributed by atoms with Crippen molar-refractivity contribution in [2.45, 2.75) is 26.8 Å². The van der Waals surface area contributed by atoms with Gasteiger partial charge in [0.2, 0.25) is 5.91 Å². The van der Waals surface area contributed by atoms with Crippen LogP contribution in [0.15, 0.2) is 53.5 Å². The summed E-state index contributed by atoms with van der Waals surface area (Å²) in [7, 11) is 0. The van der Waals surface area contributed by atoms with Gasteiger partial charge in [-0.1, -0.05) is 35.9 Å². The lowest BCUT2D eigenvalue weighted by atomic mass is 10.1. The number of nitrogens with zero attached hydrogens (tertiary/aromatic N) is 2. The number of aromatic amines is 1. The molecule has 0 radical (unpaired) electrons. The number of pyridine rings is 1. The van der Waals surface area contributed by atoms with Gasteiger partial charge in [-0.3, -0.25) is 14.6 Å². The molecule has 26 heavy (non-hydrogen) atoms. The smallest absolute Gasteiger partial charge is 0.255 e. The molecule has 0 bridgehead atoms. The van der Waals surface area contributed by atoms with Crippen LogP contribution in [0.2, 0.25) is 0 Å². The largest absolute Gasteiger partial charge is 0.352 e. The predicted octanol–water partition coefficient (Wildman–Crippen LogP) is 2.31. The number of carbonyl (C=O) groups excluding carboxylic acids is 1. The second-order valence-electron chi connectivity index (χ2n) is 6.14. The molecule has 132 valence electrons. The van der Waals surface area contributed by atoms with Gasteiger partial charge in [-0.05, 0) is 31.5 Å². The number of H-pyrrole nitrogens is 1. The molecule has 6 heteroatoms. The molecule has 3 aromatic rings. The molecule has 1 amide bonds. The fraction of sp³-hybridized carbons (Fsp3) is 0.200. The zero-order valence-electron chi connectivity index (χ0n) is 14.7. The molecule has 2 N–H and O–H groups in total. The Kier molecular flexibility index (Phi) is 5.22. The van der Waals surface area contributed by atoms with Crippen LogP contribution in [-0.2, 0) is 17.8 Å². The summed E-state index contributed by atoms with van der Waals surface area (Å²) in [5, 5.41) is 2.84. The number of carbonyl (C=O) groups is 1. The third-order valence-electron chi connectivity index (χ3n) is 4.04. The third-order valence-corrected chi connectivity index (χ3v) is 4.04. The van der Waals surface area contributed by atoms with Crippen molar-refractivity contribution >= 4 is 5.91 Å². The average molecular weight is 348 g/mol. The summed E-state index contributed by atoms with van der Waals surface area (Å²) in [6.45, 7) is 4.16. The third kappa shape index (κ3) is 4.22. The molecule has 0 aliphatic carbocycles. The molecule has 0 aliphatic heterocycles. The van der Waals surface area contributed by atoms with Crippen LogP contribution in [0.4, 0.5) is 0 Å². The van der Waals surface area contributed by atoms with Crippen molar-refractivity contribution in [3.8, 4) is 11.5 Å². The zero-order valence-corrected chi connectivity index (χ0v) is 14.7. The highest BCUT2D eigenvalue weighted by Gasteiger charge is 2.13. The molecular weight excluding hydrogens is 328 g/mol. The average Bonchev–Trinajstić information content (AvgIpc) is 2.63. The number of nitrogens with one attached hydrogen (secondary N) is 2. The predicted molar refractivity (Wildman–Crippen MR) is 99.6 cm³/mol. The number of hydrogen-bond donors (Lipinski definition) is 2. The van der Waals surface area contributed by atoms with Crippen LogP contribution in [0, 0.1) is 13.8 Å². The highest BCUT2D eigenvalue weighted by Crippen LogP contribution is 2.11. The van der Waals surface area contributed by atoms with E-state index in [0.29, 0.717) is 29.3 Å². The second-order valence-corrected chi connectivity index (χ2v) is 6.14. The van der Waals surface area contributed by atoms with Crippen LogP contribution in [-0.4, -0.2) is 20.9 Å². The fourth-order valence-corrected chi connectivity index (χ4v) is 2.69. The van der Waals surface area contributed by atoms with Crippen LogP contribution in [0.1, 0.15) is 22.4 Å². The molecule has 6 nitrogen and oxygen atoms in total. The molecule has 3 rings (SSSR count). The Labute approximate surface area is 151 Å². The fourth-order valence-electron chi connectivity index (χ4n) is 2.69. The van der Waals surface area contributed by atoms with Gasteiger partial charge in [0.05, 0.1) is 6.42 Å². The molecule has 0 spiro atoms. The van der Waals surface area contributed by atoms with Gasteiger partial charge in [0.1, 0.15) is 5.69 Å². The first-order valence-electron chi connectivity index (χ1n) is 8.36. The molecule has 0 aliphatic rings. The second kappa shape index (κ2) is 7.74. The molecule has 0 atom stereocenters. The lowest BCUT2D eigenvalue weighted by Crippen LogP contribution is -2.29. The summed E-state index contributed by atoms with van der Waals surface area (Å²) < 4.78 is 0. The monoisotopic (exact) mass is 348 g/mol.